The minimum Gasteiger partial charge on any atom is -0.684 e. The first-order valence-corrected chi connectivity index (χ1v) is 7.58. The number of nitrogens with zero attached hydrogens (tertiary/aromatic N) is 2. The van der Waals surface area contributed by atoms with Crippen molar-refractivity contribution >= 4 is 17.7 Å². The van der Waals surface area contributed by atoms with Crippen LogP contribution in [0.5, 0.6) is 0 Å². The van der Waals surface area contributed by atoms with Gasteiger partial charge in [0.15, 0.2) is 0 Å². The molecule has 0 N–H and O–H groups in total. The van der Waals surface area contributed by atoms with Crippen LogP contribution in [0.2, 0.25) is 0 Å². The van der Waals surface area contributed by atoms with E-state index in [-0.39, 0.29) is 64.4 Å². The molecule has 1 saturated heterocycles. The van der Waals surface area contributed by atoms with E-state index >= 15 is 0 Å². The van der Waals surface area contributed by atoms with Crippen molar-refractivity contribution in [3.8, 4) is 0 Å². The van der Waals surface area contributed by atoms with Crippen LogP contribution in [0.3, 0.4) is 0 Å². The fraction of sp³-hybridized carbons (Fsp3) is 0.500. The third kappa shape index (κ3) is 6.44. The number of hydrogen-bond acceptors (Lipinski definition) is 3. The molecule has 1 aromatic carbocycles. The Bertz CT molecular complexity index is 532. The average Bonchev–Trinajstić information content (AvgIpc) is 2.52. The van der Waals surface area contributed by atoms with Crippen molar-refractivity contribution in [1.29, 1.82) is 0 Å². The Labute approximate surface area is 170 Å². The second-order valence-electron chi connectivity index (χ2n) is 4.96. The normalized spacial score (nSPS) is 16.4. The van der Waals surface area contributed by atoms with Gasteiger partial charge in [-0.2, -0.15) is 0 Å². The smallest absolute Gasteiger partial charge is 0.229 e. The molecule has 0 bridgehead atoms. The van der Waals surface area contributed by atoms with E-state index in [2.05, 4.69) is 11.4 Å². The first kappa shape index (κ1) is 25.2. The van der Waals surface area contributed by atoms with Crippen LogP contribution in [0.4, 0.5) is 0 Å². The molecule has 131 valence electrons. The van der Waals surface area contributed by atoms with Crippen molar-refractivity contribution < 1.29 is 47.1 Å². The number of amides is 3. The van der Waals surface area contributed by atoms with Gasteiger partial charge in [-0.15, -0.1) is 35.9 Å². The molecule has 1 heterocycles. The van der Waals surface area contributed by atoms with Gasteiger partial charge in [0.1, 0.15) is 0 Å². The van der Waals surface area contributed by atoms with Crippen molar-refractivity contribution in [2.24, 2.45) is 0 Å². The Hall–Kier alpha value is -1.07. The number of hydrogen-bond donors (Lipinski definition) is 0. The maximum Gasteiger partial charge on any atom is 0.229 e. The molecule has 24 heavy (non-hydrogen) atoms. The standard InChI is InChI=1S/C15H17N2O3.C2H6.CH4.Y/c1-10(2)17-13(18)9-8-12(15(17)20)16-14(19)11-6-4-3-5-7-11;1-2;;/h3-6,10,12H,8-9H2,1-2H3,(H,16,19);1-2H3;1H4;/q-1;;;/p-1. The van der Waals surface area contributed by atoms with Gasteiger partial charge in [0, 0.05) is 45.2 Å². The molecule has 1 atom stereocenters. The van der Waals surface area contributed by atoms with Crippen LogP contribution in [0.15, 0.2) is 24.3 Å². The molecule has 1 aliphatic rings. The van der Waals surface area contributed by atoms with Gasteiger partial charge < -0.3 is 10.1 Å². The quantitative estimate of drug-likeness (QED) is 0.568. The number of imide groups is 1. The van der Waals surface area contributed by atoms with Crippen LogP contribution in [-0.2, 0) is 42.3 Å². The van der Waals surface area contributed by atoms with Gasteiger partial charge in [-0.25, -0.2) is 0 Å². The van der Waals surface area contributed by atoms with Crippen LogP contribution < -0.4 is 0 Å². The van der Waals surface area contributed by atoms with Crippen LogP contribution >= 0.6 is 0 Å². The number of benzene rings is 1. The van der Waals surface area contributed by atoms with E-state index in [0.29, 0.717) is 12.0 Å². The molecule has 0 spiro atoms. The predicted molar refractivity (Wildman–Crippen MR) is 91.1 cm³/mol. The molecule has 3 amide bonds. The average molecular weight is 407 g/mol. The Morgan fingerprint density at radius 1 is 1.29 bits per heavy atom. The van der Waals surface area contributed by atoms with E-state index in [1.165, 1.54) is 4.90 Å². The molecule has 1 fully saturated rings. The number of carbonyl (C=O) groups is 3. The fourth-order valence-corrected chi connectivity index (χ4v) is 2.19. The second kappa shape index (κ2) is 12.3. The number of piperidine rings is 1. The number of likely N-dealkylation sites (tertiary alicyclic amines) is 1. The third-order valence-electron chi connectivity index (χ3n) is 3.15. The van der Waals surface area contributed by atoms with Gasteiger partial charge in [-0.05, 0) is 32.2 Å². The molecule has 0 aromatic heterocycles. The summed E-state index contributed by atoms with van der Waals surface area (Å²) < 4.78 is 0. The van der Waals surface area contributed by atoms with Crippen LogP contribution in [0.25, 0.3) is 5.32 Å². The molecular weight excluding hydrogens is 381 g/mol. The van der Waals surface area contributed by atoms with E-state index in [4.69, 9.17) is 0 Å². The van der Waals surface area contributed by atoms with E-state index < -0.39 is 11.9 Å². The zero-order valence-corrected chi connectivity index (χ0v) is 16.9. The Balaban J connectivity index is 0. The molecule has 1 aromatic rings. The summed E-state index contributed by atoms with van der Waals surface area (Å²) in [6.45, 7) is 7.54. The molecule has 1 aliphatic heterocycles. The van der Waals surface area contributed by atoms with Gasteiger partial charge in [0.2, 0.25) is 11.8 Å². The minimum atomic E-state index is -0.767. The minimum absolute atomic E-state index is 0. The molecule has 5 nitrogen and oxygen atoms in total. The summed E-state index contributed by atoms with van der Waals surface area (Å²) in [7, 11) is 0. The van der Waals surface area contributed by atoms with Gasteiger partial charge in [0.05, 0.1) is 0 Å². The molecule has 0 aliphatic carbocycles. The Morgan fingerprint density at radius 2 is 1.92 bits per heavy atom. The van der Waals surface area contributed by atoms with Crippen molar-refractivity contribution in [1.82, 2.24) is 4.90 Å². The van der Waals surface area contributed by atoms with Crippen LogP contribution in [0, 0.1) is 6.07 Å². The summed E-state index contributed by atoms with van der Waals surface area (Å²) in [6.07, 6.45) is 0.531. The number of carbonyl (C=O) groups excluding carboxylic acids is 3. The summed E-state index contributed by atoms with van der Waals surface area (Å²) in [6, 6.07) is 8.48. The van der Waals surface area contributed by atoms with Gasteiger partial charge in [0.25, 0.3) is 0 Å². The van der Waals surface area contributed by atoms with Gasteiger partial charge in [-0.3, -0.25) is 14.5 Å². The summed E-state index contributed by atoms with van der Waals surface area (Å²) in [5.41, 5.74) is 0.327. The van der Waals surface area contributed by atoms with Gasteiger partial charge >= 0.3 is 0 Å². The van der Waals surface area contributed by atoms with Gasteiger partial charge in [-0.1, -0.05) is 21.3 Å². The molecule has 6 heteroatoms. The van der Waals surface area contributed by atoms with Crippen LogP contribution in [-0.4, -0.2) is 34.7 Å². The Kier molecular flexibility index (Phi) is 12.9. The first-order chi connectivity index (χ1) is 10.5. The van der Waals surface area contributed by atoms with E-state index in [9.17, 15) is 14.4 Å². The summed E-state index contributed by atoms with van der Waals surface area (Å²) in [4.78, 5) is 37.1. The predicted octanol–water partition coefficient (Wildman–Crippen LogP) is 3.59. The van der Waals surface area contributed by atoms with Crippen molar-refractivity contribution in [3.63, 3.8) is 0 Å². The first-order valence-electron chi connectivity index (χ1n) is 7.58. The van der Waals surface area contributed by atoms with E-state index in [0.717, 1.165) is 0 Å². The van der Waals surface area contributed by atoms with Crippen molar-refractivity contribution in [2.45, 2.75) is 60.0 Å². The largest absolute Gasteiger partial charge is 0.684 e. The molecule has 0 saturated carbocycles. The molecular formula is C18H26N2O3Y-2. The zero-order chi connectivity index (χ0) is 16.7. The molecule has 1 radical (unpaired) electrons. The third-order valence-corrected chi connectivity index (χ3v) is 3.15. The van der Waals surface area contributed by atoms with E-state index in [1.807, 2.05) is 13.8 Å². The van der Waals surface area contributed by atoms with Crippen molar-refractivity contribution in [2.75, 3.05) is 0 Å². The zero-order valence-electron chi connectivity index (χ0n) is 14.1. The summed E-state index contributed by atoms with van der Waals surface area (Å²) in [5.74, 6) is -1.06. The fourth-order valence-electron chi connectivity index (χ4n) is 2.19. The van der Waals surface area contributed by atoms with Crippen LogP contribution in [0.1, 0.15) is 58.3 Å². The maximum absolute atomic E-state index is 12.2. The Morgan fingerprint density at radius 3 is 2.42 bits per heavy atom. The SMILES string of the molecule is C.CC.CC(C)N1C(=O)CCC([N-]C(=O)c2[c-]cccc2)C1=O.[Y]. The summed E-state index contributed by atoms with van der Waals surface area (Å²) in [5, 5.41) is 3.94. The number of rotatable bonds is 3. The summed E-state index contributed by atoms with van der Waals surface area (Å²) >= 11 is 0. The molecule has 1 unspecified atom stereocenters. The maximum atomic E-state index is 12.2. The molecule has 2 rings (SSSR count). The topological polar surface area (TPSA) is 68.6 Å². The monoisotopic (exact) mass is 407 g/mol. The van der Waals surface area contributed by atoms with E-state index in [1.54, 1.807) is 38.1 Å². The second-order valence-corrected chi connectivity index (χ2v) is 4.96. The van der Waals surface area contributed by atoms with Crippen molar-refractivity contribution in [3.05, 3.63) is 41.2 Å².